The summed E-state index contributed by atoms with van der Waals surface area (Å²) in [5, 5.41) is 0. The van der Waals surface area contributed by atoms with Gasteiger partial charge in [0.25, 0.3) is 0 Å². The minimum absolute atomic E-state index is 0.532. The molecule has 0 radical (unpaired) electrons. The number of likely N-dealkylation sites (tertiary alicyclic amines) is 1. The number of aryl methyl sites for hydroxylation is 1. The molecule has 0 saturated carbocycles. The van der Waals surface area contributed by atoms with Crippen LogP contribution in [0.1, 0.15) is 36.9 Å². The lowest BCUT2D eigenvalue weighted by molar-refractivity contribution is 0.0840. The van der Waals surface area contributed by atoms with Crippen molar-refractivity contribution in [3.8, 4) is 0 Å². The second kappa shape index (κ2) is 8.45. The van der Waals surface area contributed by atoms with Crippen molar-refractivity contribution >= 4 is 5.69 Å². The normalized spacial score (nSPS) is 21.3. The second-order valence-corrected chi connectivity index (χ2v) is 8.16. The van der Waals surface area contributed by atoms with Crippen LogP contribution in [-0.4, -0.2) is 55.1 Å². The third kappa shape index (κ3) is 4.20. The molecule has 2 fully saturated rings. The number of hydrogen-bond donors (Lipinski definition) is 0. The molecular formula is C24H33N3. The number of benzene rings is 2. The van der Waals surface area contributed by atoms with E-state index in [1.807, 2.05) is 0 Å². The summed E-state index contributed by atoms with van der Waals surface area (Å²) in [6.45, 7) is 11.7. The lowest BCUT2D eigenvalue weighted by Crippen LogP contribution is -2.53. The number of hydrogen-bond acceptors (Lipinski definition) is 3. The lowest BCUT2D eigenvalue weighted by Gasteiger charge is -2.44. The summed E-state index contributed by atoms with van der Waals surface area (Å²) in [6, 6.07) is 21.1. The molecule has 2 aromatic rings. The van der Waals surface area contributed by atoms with Crippen LogP contribution in [0.3, 0.4) is 0 Å². The van der Waals surface area contributed by atoms with E-state index in [1.54, 1.807) is 0 Å². The fraction of sp³-hybridized carbons (Fsp3) is 0.500. The van der Waals surface area contributed by atoms with Gasteiger partial charge in [0, 0.05) is 57.0 Å². The molecule has 3 nitrogen and oxygen atoms in total. The summed E-state index contributed by atoms with van der Waals surface area (Å²) < 4.78 is 0. The molecule has 0 amide bonds. The fourth-order valence-corrected chi connectivity index (χ4v) is 4.83. The number of rotatable bonds is 4. The third-order valence-electron chi connectivity index (χ3n) is 6.62. The Morgan fingerprint density at radius 3 is 2.07 bits per heavy atom. The highest BCUT2D eigenvalue weighted by Crippen LogP contribution is 2.27. The molecule has 0 aromatic heterocycles. The Morgan fingerprint density at radius 2 is 1.41 bits per heavy atom. The molecule has 1 unspecified atom stereocenters. The fourth-order valence-electron chi connectivity index (χ4n) is 4.83. The lowest BCUT2D eigenvalue weighted by atomic mass is 9.98. The van der Waals surface area contributed by atoms with Crippen LogP contribution >= 0.6 is 0 Å². The highest BCUT2D eigenvalue weighted by atomic mass is 15.3. The van der Waals surface area contributed by atoms with Crippen LogP contribution < -0.4 is 4.90 Å². The van der Waals surface area contributed by atoms with Crippen molar-refractivity contribution in [2.24, 2.45) is 0 Å². The Morgan fingerprint density at radius 1 is 0.778 bits per heavy atom. The molecule has 0 bridgehead atoms. The van der Waals surface area contributed by atoms with Gasteiger partial charge in [0.1, 0.15) is 0 Å². The summed E-state index contributed by atoms with van der Waals surface area (Å²) in [7, 11) is 0. The van der Waals surface area contributed by atoms with Gasteiger partial charge in [-0.3, -0.25) is 9.80 Å². The minimum Gasteiger partial charge on any atom is -0.369 e. The highest BCUT2D eigenvalue weighted by molar-refractivity contribution is 5.53. The van der Waals surface area contributed by atoms with E-state index in [4.69, 9.17) is 0 Å². The van der Waals surface area contributed by atoms with E-state index in [-0.39, 0.29) is 0 Å². The number of piperidine rings is 1. The molecule has 1 atom stereocenters. The molecule has 3 heteroatoms. The van der Waals surface area contributed by atoms with Crippen LogP contribution in [-0.2, 0) is 0 Å². The molecule has 2 aliphatic heterocycles. The van der Waals surface area contributed by atoms with Crippen LogP contribution in [0.25, 0.3) is 0 Å². The molecule has 4 rings (SSSR count). The molecule has 0 spiro atoms. The maximum Gasteiger partial charge on any atom is 0.0396 e. The first kappa shape index (κ1) is 18.5. The van der Waals surface area contributed by atoms with E-state index in [2.05, 4.69) is 83.1 Å². The Bertz CT molecular complexity index is 713. The molecule has 2 aliphatic rings. The Labute approximate surface area is 164 Å². The SMILES string of the molecule is Cc1ccccc1N1CCN(C2CCN(C(C)c3ccccc3)CC2)CC1. The van der Waals surface area contributed by atoms with E-state index in [9.17, 15) is 0 Å². The van der Waals surface area contributed by atoms with Gasteiger partial charge in [-0.15, -0.1) is 0 Å². The van der Waals surface area contributed by atoms with Crippen LogP contribution in [0.15, 0.2) is 54.6 Å². The van der Waals surface area contributed by atoms with Gasteiger partial charge in [0.05, 0.1) is 0 Å². The zero-order valence-electron chi connectivity index (χ0n) is 16.8. The van der Waals surface area contributed by atoms with Gasteiger partial charge in [-0.2, -0.15) is 0 Å². The van der Waals surface area contributed by atoms with E-state index in [0.717, 1.165) is 19.1 Å². The first-order valence-electron chi connectivity index (χ1n) is 10.6. The highest BCUT2D eigenvalue weighted by Gasteiger charge is 2.29. The van der Waals surface area contributed by atoms with Crippen molar-refractivity contribution in [3.63, 3.8) is 0 Å². The van der Waals surface area contributed by atoms with Gasteiger partial charge in [0.15, 0.2) is 0 Å². The van der Waals surface area contributed by atoms with Crippen molar-refractivity contribution in [2.75, 3.05) is 44.2 Å². The first-order chi connectivity index (χ1) is 13.2. The monoisotopic (exact) mass is 363 g/mol. The average molecular weight is 364 g/mol. The Balaban J connectivity index is 1.28. The summed E-state index contributed by atoms with van der Waals surface area (Å²) in [5.74, 6) is 0. The third-order valence-corrected chi connectivity index (χ3v) is 6.62. The van der Waals surface area contributed by atoms with E-state index in [1.165, 1.54) is 55.8 Å². The molecule has 2 aromatic carbocycles. The predicted molar refractivity (Wildman–Crippen MR) is 114 cm³/mol. The van der Waals surface area contributed by atoms with Crippen LogP contribution in [0.2, 0.25) is 0 Å². The van der Waals surface area contributed by atoms with Gasteiger partial charge in [-0.25, -0.2) is 0 Å². The predicted octanol–water partition coefficient (Wildman–Crippen LogP) is 4.34. The molecule has 2 heterocycles. The number of para-hydroxylation sites is 1. The van der Waals surface area contributed by atoms with Crippen molar-refractivity contribution in [1.29, 1.82) is 0 Å². The zero-order valence-corrected chi connectivity index (χ0v) is 16.8. The van der Waals surface area contributed by atoms with E-state index in [0.29, 0.717) is 6.04 Å². The van der Waals surface area contributed by atoms with Gasteiger partial charge < -0.3 is 4.90 Å². The number of piperazine rings is 1. The number of nitrogens with zero attached hydrogens (tertiary/aromatic N) is 3. The van der Waals surface area contributed by atoms with E-state index < -0.39 is 0 Å². The summed E-state index contributed by atoms with van der Waals surface area (Å²) in [4.78, 5) is 7.98. The smallest absolute Gasteiger partial charge is 0.0396 e. The van der Waals surface area contributed by atoms with Crippen molar-refractivity contribution < 1.29 is 0 Å². The summed E-state index contributed by atoms with van der Waals surface area (Å²) in [6.07, 6.45) is 2.61. The Hall–Kier alpha value is -1.84. The van der Waals surface area contributed by atoms with Crippen molar-refractivity contribution in [1.82, 2.24) is 9.80 Å². The molecule has 0 aliphatic carbocycles. The largest absolute Gasteiger partial charge is 0.369 e. The van der Waals surface area contributed by atoms with Gasteiger partial charge >= 0.3 is 0 Å². The molecule has 2 saturated heterocycles. The van der Waals surface area contributed by atoms with Crippen molar-refractivity contribution in [3.05, 3.63) is 65.7 Å². The molecule has 0 N–H and O–H groups in total. The maximum atomic E-state index is 2.75. The zero-order chi connectivity index (χ0) is 18.6. The van der Waals surface area contributed by atoms with E-state index >= 15 is 0 Å². The standard InChI is InChI=1S/C24H33N3/c1-20-8-6-7-11-24(20)27-18-16-26(17-19-27)23-12-14-25(15-13-23)21(2)22-9-4-3-5-10-22/h3-11,21,23H,12-19H2,1-2H3. The maximum absolute atomic E-state index is 2.75. The first-order valence-corrected chi connectivity index (χ1v) is 10.6. The minimum atomic E-state index is 0.532. The van der Waals surface area contributed by atoms with Crippen LogP contribution in [0.4, 0.5) is 5.69 Å². The van der Waals surface area contributed by atoms with Gasteiger partial charge in [0.2, 0.25) is 0 Å². The molecule has 144 valence electrons. The van der Waals surface area contributed by atoms with Crippen LogP contribution in [0.5, 0.6) is 0 Å². The second-order valence-electron chi connectivity index (χ2n) is 8.16. The number of anilines is 1. The average Bonchev–Trinajstić information content (AvgIpc) is 2.74. The molecular weight excluding hydrogens is 330 g/mol. The van der Waals surface area contributed by atoms with Gasteiger partial charge in [-0.1, -0.05) is 48.5 Å². The Kier molecular flexibility index (Phi) is 5.80. The van der Waals surface area contributed by atoms with Crippen molar-refractivity contribution in [2.45, 2.75) is 38.8 Å². The van der Waals surface area contributed by atoms with Gasteiger partial charge in [-0.05, 0) is 43.9 Å². The summed E-state index contributed by atoms with van der Waals surface area (Å²) >= 11 is 0. The summed E-state index contributed by atoms with van der Waals surface area (Å²) in [5.41, 5.74) is 4.26. The van der Waals surface area contributed by atoms with Crippen LogP contribution in [0, 0.1) is 6.92 Å². The molecule has 27 heavy (non-hydrogen) atoms. The quantitative estimate of drug-likeness (QED) is 0.800. The topological polar surface area (TPSA) is 9.72 Å².